The molecule has 0 radical (unpaired) electrons. The first-order valence-electron chi connectivity index (χ1n) is 6.83. The average molecular weight is 294 g/mol. The molecule has 1 aromatic heterocycles. The summed E-state index contributed by atoms with van der Waals surface area (Å²) in [6.45, 7) is 2.36. The zero-order chi connectivity index (χ0) is 15.2. The molecule has 0 aliphatic carbocycles. The highest BCUT2D eigenvalue weighted by molar-refractivity contribution is 5.86. The number of aliphatic hydroxyl groups is 1. The molecule has 0 aliphatic rings. The second-order valence-electron chi connectivity index (χ2n) is 4.50. The molecule has 114 valence electrons. The van der Waals surface area contributed by atoms with Crippen molar-refractivity contribution in [3.05, 3.63) is 28.6 Å². The van der Waals surface area contributed by atoms with E-state index in [9.17, 15) is 9.90 Å². The Morgan fingerprint density at radius 2 is 2.05 bits per heavy atom. The van der Waals surface area contributed by atoms with Gasteiger partial charge in [0.05, 0.1) is 18.6 Å². The van der Waals surface area contributed by atoms with Crippen LogP contribution >= 0.6 is 0 Å². The minimum absolute atomic E-state index is 0.112. The zero-order valence-corrected chi connectivity index (χ0v) is 11.8. The molecule has 2 N–H and O–H groups in total. The van der Waals surface area contributed by atoms with E-state index in [1.54, 1.807) is 6.07 Å². The lowest BCUT2D eigenvalue weighted by atomic mass is 10.2. The summed E-state index contributed by atoms with van der Waals surface area (Å²) in [7, 11) is 0. The van der Waals surface area contributed by atoms with Crippen molar-refractivity contribution >= 4 is 11.0 Å². The van der Waals surface area contributed by atoms with Gasteiger partial charge in [0.15, 0.2) is 5.75 Å². The van der Waals surface area contributed by atoms with Crippen LogP contribution in [0, 0.1) is 0 Å². The van der Waals surface area contributed by atoms with Crippen LogP contribution in [0.2, 0.25) is 0 Å². The van der Waals surface area contributed by atoms with Crippen molar-refractivity contribution in [3.63, 3.8) is 0 Å². The first kappa shape index (κ1) is 15.2. The summed E-state index contributed by atoms with van der Waals surface area (Å²) in [4.78, 5) is 11.8. The van der Waals surface area contributed by atoms with Crippen molar-refractivity contribution in [1.82, 2.24) is 0 Å². The quantitative estimate of drug-likeness (QED) is 0.600. The van der Waals surface area contributed by atoms with Crippen LogP contribution in [0.15, 0.2) is 27.4 Å². The number of hydrogen-bond acceptors (Lipinski definition) is 6. The third kappa shape index (κ3) is 3.46. The van der Waals surface area contributed by atoms with Crippen molar-refractivity contribution < 1.29 is 24.1 Å². The molecule has 0 spiro atoms. The predicted octanol–water partition coefficient (Wildman–Crippen LogP) is 2.05. The molecule has 0 aliphatic heterocycles. The van der Waals surface area contributed by atoms with Crippen LogP contribution in [0.5, 0.6) is 17.2 Å². The molecule has 0 amide bonds. The highest BCUT2D eigenvalue weighted by Gasteiger charge is 2.16. The van der Waals surface area contributed by atoms with Crippen LogP contribution in [0.4, 0.5) is 0 Å². The van der Waals surface area contributed by atoms with Gasteiger partial charge in [-0.25, -0.2) is 4.79 Å². The Hall–Kier alpha value is -2.21. The van der Waals surface area contributed by atoms with Gasteiger partial charge in [-0.1, -0.05) is 13.3 Å². The maximum atomic E-state index is 11.8. The van der Waals surface area contributed by atoms with E-state index in [1.165, 1.54) is 12.1 Å². The summed E-state index contributed by atoms with van der Waals surface area (Å²) < 4.78 is 15.7. The Kier molecular flexibility index (Phi) is 5.05. The first-order chi connectivity index (χ1) is 10.2. The number of hydrogen-bond donors (Lipinski definition) is 2. The van der Waals surface area contributed by atoms with E-state index in [0.717, 1.165) is 12.8 Å². The number of aromatic hydroxyl groups is 1. The largest absolute Gasteiger partial charge is 0.504 e. The van der Waals surface area contributed by atoms with Crippen LogP contribution in [0.3, 0.4) is 0 Å². The number of benzene rings is 1. The van der Waals surface area contributed by atoms with Crippen molar-refractivity contribution in [1.29, 1.82) is 0 Å². The van der Waals surface area contributed by atoms with Crippen LogP contribution in [0.25, 0.3) is 11.0 Å². The van der Waals surface area contributed by atoms with E-state index in [-0.39, 0.29) is 30.3 Å². The standard InChI is InChI=1S/C15H18O6/c1-2-3-7-20-14-13(17)11-9-10(19-8-6-16)4-5-12(11)21-15(14)18/h4-5,9,16-17H,2-3,6-8H2,1H3. The highest BCUT2D eigenvalue weighted by Crippen LogP contribution is 2.33. The summed E-state index contributed by atoms with van der Waals surface area (Å²) in [5.41, 5.74) is -0.461. The molecule has 0 bridgehead atoms. The Bertz CT molecular complexity index is 661. The molecule has 0 unspecified atom stereocenters. The molecule has 21 heavy (non-hydrogen) atoms. The molecule has 0 atom stereocenters. The van der Waals surface area contributed by atoms with Crippen molar-refractivity contribution in [2.45, 2.75) is 19.8 Å². The lowest BCUT2D eigenvalue weighted by Gasteiger charge is -2.09. The predicted molar refractivity (Wildman–Crippen MR) is 77.1 cm³/mol. The Balaban J connectivity index is 2.39. The lowest BCUT2D eigenvalue weighted by Crippen LogP contribution is -2.08. The van der Waals surface area contributed by atoms with Crippen molar-refractivity contribution in [2.24, 2.45) is 0 Å². The highest BCUT2D eigenvalue weighted by atomic mass is 16.5. The Labute approximate surface area is 121 Å². The van der Waals surface area contributed by atoms with E-state index in [2.05, 4.69) is 0 Å². The number of ether oxygens (including phenoxy) is 2. The third-order valence-electron chi connectivity index (χ3n) is 2.91. The molecule has 0 saturated carbocycles. The molecule has 1 heterocycles. The van der Waals surface area contributed by atoms with Gasteiger partial charge in [-0.3, -0.25) is 0 Å². The van der Waals surface area contributed by atoms with E-state index in [1.807, 2.05) is 6.92 Å². The van der Waals surface area contributed by atoms with Crippen LogP contribution in [-0.4, -0.2) is 30.0 Å². The summed E-state index contributed by atoms with van der Waals surface area (Å²) in [6.07, 6.45) is 1.69. The van der Waals surface area contributed by atoms with Gasteiger partial charge in [-0.2, -0.15) is 0 Å². The fourth-order valence-electron chi connectivity index (χ4n) is 1.85. The zero-order valence-electron chi connectivity index (χ0n) is 11.8. The van der Waals surface area contributed by atoms with E-state index < -0.39 is 5.63 Å². The van der Waals surface area contributed by atoms with E-state index in [0.29, 0.717) is 17.7 Å². The monoisotopic (exact) mass is 294 g/mol. The fraction of sp³-hybridized carbons (Fsp3) is 0.400. The lowest BCUT2D eigenvalue weighted by molar-refractivity contribution is 0.201. The van der Waals surface area contributed by atoms with E-state index in [4.69, 9.17) is 19.0 Å². The normalized spacial score (nSPS) is 10.8. The van der Waals surface area contributed by atoms with Gasteiger partial charge in [-0.15, -0.1) is 0 Å². The third-order valence-corrected chi connectivity index (χ3v) is 2.91. The van der Waals surface area contributed by atoms with Gasteiger partial charge in [0, 0.05) is 0 Å². The number of unbranched alkanes of at least 4 members (excludes halogenated alkanes) is 1. The number of fused-ring (bicyclic) bond motifs is 1. The number of rotatable bonds is 7. The SMILES string of the molecule is CCCCOc1c(O)c2cc(OCCO)ccc2oc1=O. The Morgan fingerprint density at radius 3 is 2.76 bits per heavy atom. The second-order valence-corrected chi connectivity index (χ2v) is 4.50. The minimum Gasteiger partial charge on any atom is -0.504 e. The van der Waals surface area contributed by atoms with Gasteiger partial charge in [0.2, 0.25) is 5.75 Å². The van der Waals surface area contributed by atoms with Gasteiger partial charge in [-0.05, 0) is 24.6 Å². The molecular formula is C15H18O6. The van der Waals surface area contributed by atoms with Gasteiger partial charge < -0.3 is 24.1 Å². The van der Waals surface area contributed by atoms with Gasteiger partial charge >= 0.3 is 5.63 Å². The van der Waals surface area contributed by atoms with Crippen LogP contribution in [0.1, 0.15) is 19.8 Å². The van der Waals surface area contributed by atoms with Crippen LogP contribution < -0.4 is 15.1 Å². The summed E-state index contributed by atoms with van der Waals surface area (Å²) in [6, 6.07) is 4.66. The fourth-order valence-corrected chi connectivity index (χ4v) is 1.85. The molecule has 2 aromatic rings. The summed E-state index contributed by atoms with van der Waals surface area (Å²) >= 11 is 0. The first-order valence-corrected chi connectivity index (χ1v) is 6.83. The van der Waals surface area contributed by atoms with Crippen molar-refractivity contribution in [2.75, 3.05) is 19.8 Å². The average Bonchev–Trinajstić information content (AvgIpc) is 2.49. The van der Waals surface area contributed by atoms with Crippen LogP contribution in [-0.2, 0) is 0 Å². The topological polar surface area (TPSA) is 89.1 Å². The second kappa shape index (κ2) is 6.99. The molecule has 6 heteroatoms. The molecule has 0 fully saturated rings. The maximum Gasteiger partial charge on any atom is 0.383 e. The summed E-state index contributed by atoms with van der Waals surface area (Å²) in [5.74, 6) is 0.0160. The molecule has 1 aromatic carbocycles. The smallest absolute Gasteiger partial charge is 0.383 e. The Morgan fingerprint density at radius 1 is 1.24 bits per heavy atom. The minimum atomic E-state index is -0.708. The molecule has 2 rings (SSSR count). The molecular weight excluding hydrogens is 276 g/mol. The summed E-state index contributed by atoms with van der Waals surface area (Å²) in [5, 5.41) is 19.3. The number of aliphatic hydroxyl groups excluding tert-OH is 1. The van der Waals surface area contributed by atoms with Crippen molar-refractivity contribution in [3.8, 4) is 17.2 Å². The van der Waals surface area contributed by atoms with E-state index >= 15 is 0 Å². The molecule has 6 nitrogen and oxygen atoms in total. The van der Waals surface area contributed by atoms with Gasteiger partial charge in [0.25, 0.3) is 0 Å². The maximum absolute atomic E-state index is 11.8. The van der Waals surface area contributed by atoms with Gasteiger partial charge in [0.1, 0.15) is 17.9 Å². The molecule has 0 saturated heterocycles.